The summed E-state index contributed by atoms with van der Waals surface area (Å²) in [5, 5.41) is 10.6. The van der Waals surface area contributed by atoms with Gasteiger partial charge in [-0.25, -0.2) is 4.39 Å². The smallest absolute Gasteiger partial charge is 0.191 e. The molecule has 1 aliphatic rings. The Kier molecular flexibility index (Phi) is 7.71. The predicted molar refractivity (Wildman–Crippen MR) is 116 cm³/mol. The van der Waals surface area contributed by atoms with Gasteiger partial charge in [-0.3, -0.25) is 4.99 Å². The van der Waals surface area contributed by atoms with Gasteiger partial charge in [-0.15, -0.1) is 0 Å². The van der Waals surface area contributed by atoms with Gasteiger partial charge in [0.25, 0.3) is 0 Å². The molecule has 0 radical (unpaired) electrons. The second-order valence-corrected chi connectivity index (χ2v) is 7.98. The Morgan fingerprint density at radius 1 is 1.37 bits per heavy atom. The molecule has 1 fully saturated rings. The molecule has 1 aromatic heterocycles. The molecule has 2 aromatic rings. The van der Waals surface area contributed by atoms with Gasteiger partial charge < -0.3 is 19.9 Å². The minimum atomic E-state index is -0.316. The number of halogens is 1. The molecule has 2 N–H and O–H groups in total. The number of aryl methyl sites for hydroxylation is 2. The van der Waals surface area contributed by atoms with E-state index in [0.717, 1.165) is 47.9 Å². The molecule has 7 heteroatoms. The lowest BCUT2D eigenvalue weighted by atomic mass is 10.1. The van der Waals surface area contributed by atoms with Crippen LogP contribution in [0.1, 0.15) is 61.7 Å². The molecule has 6 nitrogen and oxygen atoms in total. The summed E-state index contributed by atoms with van der Waals surface area (Å²) in [7, 11) is 0. The number of nitrogens with zero attached hydrogens (tertiary/aromatic N) is 2. The highest BCUT2D eigenvalue weighted by Gasteiger charge is 2.22. The third-order valence-electron chi connectivity index (χ3n) is 5.36. The van der Waals surface area contributed by atoms with Crippen molar-refractivity contribution in [2.45, 2.75) is 59.4 Å². The van der Waals surface area contributed by atoms with Gasteiger partial charge in [0.2, 0.25) is 0 Å². The molecule has 1 heterocycles. The molecule has 0 spiro atoms. The second-order valence-electron chi connectivity index (χ2n) is 7.98. The molecule has 0 saturated heterocycles. The Labute approximate surface area is 178 Å². The van der Waals surface area contributed by atoms with Crippen LogP contribution < -0.4 is 15.4 Å². The maximum atomic E-state index is 14.4. The van der Waals surface area contributed by atoms with Crippen LogP contribution >= 0.6 is 0 Å². The van der Waals surface area contributed by atoms with Crippen molar-refractivity contribution >= 4 is 5.96 Å². The zero-order valence-electron chi connectivity index (χ0n) is 18.4. The van der Waals surface area contributed by atoms with Crippen molar-refractivity contribution in [3.8, 4) is 5.75 Å². The SMILES string of the molecule is CCNC(=NCCCc1c(C)noc1C)NC(C)c1ccc(OCC2CC2)c(F)c1. The molecule has 1 saturated carbocycles. The van der Waals surface area contributed by atoms with Crippen molar-refractivity contribution in [3.05, 3.63) is 46.6 Å². The lowest BCUT2D eigenvalue weighted by Crippen LogP contribution is -2.38. The molecular weight excluding hydrogens is 383 g/mol. The first-order valence-electron chi connectivity index (χ1n) is 10.9. The fourth-order valence-electron chi connectivity index (χ4n) is 3.31. The van der Waals surface area contributed by atoms with Gasteiger partial charge in [0.1, 0.15) is 5.76 Å². The average Bonchev–Trinajstić information content (AvgIpc) is 3.50. The Bertz CT molecular complexity index is 841. The van der Waals surface area contributed by atoms with E-state index < -0.39 is 0 Å². The van der Waals surface area contributed by atoms with E-state index in [2.05, 4.69) is 20.8 Å². The van der Waals surface area contributed by atoms with Crippen molar-refractivity contribution in [2.75, 3.05) is 19.7 Å². The van der Waals surface area contributed by atoms with Crippen LogP contribution in [0.15, 0.2) is 27.7 Å². The molecular formula is C23H33FN4O2. The molecule has 0 bridgehead atoms. The molecule has 0 amide bonds. The Morgan fingerprint density at radius 3 is 2.80 bits per heavy atom. The summed E-state index contributed by atoms with van der Waals surface area (Å²) in [4.78, 5) is 4.66. The van der Waals surface area contributed by atoms with Gasteiger partial charge >= 0.3 is 0 Å². The van der Waals surface area contributed by atoms with Crippen molar-refractivity contribution in [3.63, 3.8) is 0 Å². The van der Waals surface area contributed by atoms with E-state index in [9.17, 15) is 4.39 Å². The zero-order valence-corrected chi connectivity index (χ0v) is 18.4. The number of hydrogen-bond donors (Lipinski definition) is 2. The zero-order chi connectivity index (χ0) is 21.5. The van der Waals surface area contributed by atoms with E-state index in [1.165, 1.54) is 12.8 Å². The highest BCUT2D eigenvalue weighted by molar-refractivity contribution is 5.80. The van der Waals surface area contributed by atoms with Gasteiger partial charge in [-0.05, 0) is 77.0 Å². The highest BCUT2D eigenvalue weighted by Crippen LogP contribution is 2.30. The van der Waals surface area contributed by atoms with E-state index in [1.807, 2.05) is 33.8 Å². The summed E-state index contributed by atoms with van der Waals surface area (Å²) in [5.41, 5.74) is 2.96. The normalized spacial score (nSPS) is 15.2. The molecule has 1 aliphatic carbocycles. The molecule has 3 rings (SSSR count). The first kappa shape index (κ1) is 22.1. The number of aromatic nitrogens is 1. The summed E-state index contributed by atoms with van der Waals surface area (Å²) in [6.07, 6.45) is 4.15. The lowest BCUT2D eigenvalue weighted by molar-refractivity contribution is 0.285. The number of aliphatic imine (C=N–C) groups is 1. The fourth-order valence-corrected chi connectivity index (χ4v) is 3.31. The highest BCUT2D eigenvalue weighted by atomic mass is 19.1. The summed E-state index contributed by atoms with van der Waals surface area (Å²) >= 11 is 0. The van der Waals surface area contributed by atoms with E-state index in [4.69, 9.17) is 9.26 Å². The number of nitrogens with one attached hydrogen (secondary N) is 2. The molecule has 0 aliphatic heterocycles. The number of hydrogen-bond acceptors (Lipinski definition) is 4. The van der Waals surface area contributed by atoms with Crippen molar-refractivity contribution < 1.29 is 13.7 Å². The van der Waals surface area contributed by atoms with Crippen LogP contribution in [-0.2, 0) is 6.42 Å². The maximum Gasteiger partial charge on any atom is 0.191 e. The number of benzene rings is 1. The number of guanidine groups is 1. The monoisotopic (exact) mass is 416 g/mol. The molecule has 30 heavy (non-hydrogen) atoms. The predicted octanol–water partition coefficient (Wildman–Crippen LogP) is 4.47. The van der Waals surface area contributed by atoms with Crippen LogP contribution in [0.4, 0.5) is 4.39 Å². The van der Waals surface area contributed by atoms with Crippen LogP contribution in [0.25, 0.3) is 0 Å². The quantitative estimate of drug-likeness (QED) is 0.340. The van der Waals surface area contributed by atoms with Crippen molar-refractivity contribution in [1.82, 2.24) is 15.8 Å². The maximum absolute atomic E-state index is 14.4. The number of ether oxygens (including phenoxy) is 1. The summed E-state index contributed by atoms with van der Waals surface area (Å²) < 4.78 is 25.2. The number of rotatable bonds is 10. The largest absolute Gasteiger partial charge is 0.490 e. The van der Waals surface area contributed by atoms with Gasteiger partial charge in [-0.1, -0.05) is 11.2 Å². The van der Waals surface area contributed by atoms with Gasteiger partial charge in [0, 0.05) is 18.7 Å². The van der Waals surface area contributed by atoms with Crippen LogP contribution in [-0.4, -0.2) is 30.8 Å². The molecule has 1 aromatic carbocycles. The van der Waals surface area contributed by atoms with Crippen molar-refractivity contribution in [1.29, 1.82) is 0 Å². The van der Waals surface area contributed by atoms with E-state index >= 15 is 0 Å². The standard InChI is InChI=1S/C23H33FN4O2/c1-5-25-23(26-12-6-7-20-16(3)28-30-17(20)4)27-15(2)19-10-11-22(21(24)13-19)29-14-18-8-9-18/h10-11,13,15,18H,5-9,12,14H2,1-4H3,(H2,25,26,27). The first-order chi connectivity index (χ1) is 14.5. The molecule has 1 atom stereocenters. The van der Waals surface area contributed by atoms with Crippen LogP contribution in [0.3, 0.4) is 0 Å². The molecule has 1 unspecified atom stereocenters. The average molecular weight is 417 g/mol. The second kappa shape index (κ2) is 10.5. The third kappa shape index (κ3) is 6.21. The van der Waals surface area contributed by atoms with Crippen molar-refractivity contribution in [2.24, 2.45) is 10.9 Å². The fraction of sp³-hybridized carbons (Fsp3) is 0.565. The van der Waals surface area contributed by atoms with Crippen LogP contribution in [0.2, 0.25) is 0 Å². The van der Waals surface area contributed by atoms with E-state index in [0.29, 0.717) is 24.8 Å². The topological polar surface area (TPSA) is 71.7 Å². The first-order valence-corrected chi connectivity index (χ1v) is 10.9. The van der Waals surface area contributed by atoms with Gasteiger partial charge in [0.15, 0.2) is 17.5 Å². The minimum absolute atomic E-state index is 0.0858. The molecule has 164 valence electrons. The lowest BCUT2D eigenvalue weighted by Gasteiger charge is -2.19. The van der Waals surface area contributed by atoms with Gasteiger partial charge in [0.05, 0.1) is 18.3 Å². The Hall–Kier alpha value is -2.57. The van der Waals surface area contributed by atoms with E-state index in [-0.39, 0.29) is 11.9 Å². The Morgan fingerprint density at radius 2 is 2.17 bits per heavy atom. The summed E-state index contributed by atoms with van der Waals surface area (Å²) in [5.74, 6) is 2.21. The summed E-state index contributed by atoms with van der Waals surface area (Å²) in [6.45, 7) is 9.96. The minimum Gasteiger partial charge on any atom is -0.490 e. The van der Waals surface area contributed by atoms with Crippen LogP contribution in [0.5, 0.6) is 5.75 Å². The van der Waals surface area contributed by atoms with Crippen LogP contribution in [0, 0.1) is 25.6 Å². The Balaban J connectivity index is 1.53. The van der Waals surface area contributed by atoms with E-state index in [1.54, 1.807) is 12.1 Å². The van der Waals surface area contributed by atoms with Gasteiger partial charge in [-0.2, -0.15) is 0 Å². The third-order valence-corrected chi connectivity index (χ3v) is 5.36. The summed E-state index contributed by atoms with van der Waals surface area (Å²) in [6, 6.07) is 5.08.